The average Bonchev–Trinajstić information content (AvgIpc) is 2.34. The molecule has 0 atom stereocenters. The molecule has 0 aromatic heterocycles. The number of rotatable bonds is 10. The van der Waals surface area contributed by atoms with E-state index in [0.717, 1.165) is 19.4 Å². The van der Waals surface area contributed by atoms with Gasteiger partial charge in [-0.2, -0.15) is 0 Å². The Kier molecular flexibility index (Phi) is 9.28. The summed E-state index contributed by atoms with van der Waals surface area (Å²) in [6, 6.07) is 0. The van der Waals surface area contributed by atoms with Crippen molar-refractivity contribution in [2.24, 2.45) is 0 Å². The van der Waals surface area contributed by atoms with Crippen molar-refractivity contribution >= 4 is 11.9 Å². The second-order valence-corrected chi connectivity index (χ2v) is 4.34. The molecule has 0 aliphatic rings. The number of likely N-dealkylation sites (N-methyl/N-ethyl adjacent to an activating group) is 1. The van der Waals surface area contributed by atoms with E-state index in [-0.39, 0.29) is 12.3 Å². The molecule has 5 heteroatoms. The number of carboxylic acids is 1. The summed E-state index contributed by atoms with van der Waals surface area (Å²) in [5.41, 5.74) is 0. The van der Waals surface area contributed by atoms with Crippen molar-refractivity contribution in [3.8, 4) is 0 Å². The van der Waals surface area contributed by atoms with Crippen LogP contribution in [0.4, 0.5) is 0 Å². The summed E-state index contributed by atoms with van der Waals surface area (Å²) < 4.78 is 0. The van der Waals surface area contributed by atoms with Crippen LogP contribution in [-0.4, -0.2) is 59.5 Å². The van der Waals surface area contributed by atoms with Gasteiger partial charge in [-0.3, -0.25) is 14.5 Å². The monoisotopic (exact) mass is 258 g/mol. The molecule has 0 saturated heterocycles. The van der Waals surface area contributed by atoms with Gasteiger partial charge in [-0.15, -0.1) is 0 Å². The minimum atomic E-state index is -0.813. The third kappa shape index (κ3) is 7.27. The highest BCUT2D eigenvalue weighted by molar-refractivity contribution is 5.78. The normalized spacial score (nSPS) is 10.7. The molecule has 0 aliphatic heterocycles. The van der Waals surface area contributed by atoms with Crippen molar-refractivity contribution in [3.05, 3.63) is 0 Å². The Morgan fingerprint density at radius 2 is 1.67 bits per heavy atom. The van der Waals surface area contributed by atoms with E-state index < -0.39 is 5.97 Å². The molecule has 1 N–H and O–H groups in total. The quantitative estimate of drug-likeness (QED) is 0.644. The molecule has 0 aliphatic carbocycles. The zero-order valence-corrected chi connectivity index (χ0v) is 11.8. The van der Waals surface area contributed by atoms with E-state index in [4.69, 9.17) is 5.11 Å². The van der Waals surface area contributed by atoms with Crippen molar-refractivity contribution in [1.82, 2.24) is 9.80 Å². The lowest BCUT2D eigenvalue weighted by Gasteiger charge is -2.25. The van der Waals surface area contributed by atoms with Gasteiger partial charge in [0, 0.05) is 19.6 Å². The van der Waals surface area contributed by atoms with Gasteiger partial charge in [0.2, 0.25) is 5.91 Å². The second kappa shape index (κ2) is 9.88. The molecule has 18 heavy (non-hydrogen) atoms. The predicted octanol–water partition coefficient (Wildman–Crippen LogP) is 1.43. The number of unbranched alkanes of at least 4 members (excludes halogenated alkanes) is 1. The molecule has 0 heterocycles. The molecule has 106 valence electrons. The summed E-state index contributed by atoms with van der Waals surface area (Å²) in [4.78, 5) is 26.3. The molecular formula is C13H26N2O3. The number of aliphatic carboxylic acids is 1. The number of hydrogen-bond acceptors (Lipinski definition) is 3. The molecule has 0 fully saturated rings. The first-order valence-electron chi connectivity index (χ1n) is 6.77. The molecule has 1 amide bonds. The fourth-order valence-electron chi connectivity index (χ4n) is 1.77. The smallest absolute Gasteiger partial charge is 0.304 e. The van der Waals surface area contributed by atoms with Gasteiger partial charge in [0.25, 0.3) is 0 Å². The first-order valence-corrected chi connectivity index (χ1v) is 6.77. The number of nitrogens with zero attached hydrogens (tertiary/aromatic N) is 2. The topological polar surface area (TPSA) is 60.9 Å². The summed E-state index contributed by atoms with van der Waals surface area (Å²) in [7, 11) is 0. The second-order valence-electron chi connectivity index (χ2n) is 4.34. The number of carbonyl (C=O) groups is 2. The lowest BCUT2D eigenvalue weighted by Crippen LogP contribution is -2.41. The van der Waals surface area contributed by atoms with Crippen molar-refractivity contribution < 1.29 is 14.7 Å². The van der Waals surface area contributed by atoms with Crippen molar-refractivity contribution in [2.75, 3.05) is 32.7 Å². The SMILES string of the molecule is CCCCN(CCC(=O)O)CC(=O)N(CC)CC. The summed E-state index contributed by atoms with van der Waals surface area (Å²) in [5.74, 6) is -0.728. The van der Waals surface area contributed by atoms with E-state index in [9.17, 15) is 9.59 Å². The molecule has 0 saturated carbocycles. The van der Waals surface area contributed by atoms with E-state index in [1.54, 1.807) is 4.90 Å². The van der Waals surface area contributed by atoms with Gasteiger partial charge in [-0.05, 0) is 26.8 Å². The van der Waals surface area contributed by atoms with Gasteiger partial charge >= 0.3 is 5.97 Å². The zero-order valence-electron chi connectivity index (χ0n) is 11.8. The molecule has 0 bridgehead atoms. The van der Waals surface area contributed by atoms with Gasteiger partial charge < -0.3 is 10.0 Å². The van der Waals surface area contributed by atoms with Gasteiger partial charge in [-0.25, -0.2) is 0 Å². The number of carbonyl (C=O) groups excluding carboxylic acids is 1. The highest BCUT2D eigenvalue weighted by Gasteiger charge is 2.15. The maximum Gasteiger partial charge on any atom is 0.304 e. The van der Waals surface area contributed by atoms with E-state index in [1.165, 1.54) is 0 Å². The van der Waals surface area contributed by atoms with Crippen LogP contribution in [0.1, 0.15) is 40.0 Å². The largest absolute Gasteiger partial charge is 0.481 e. The minimum absolute atomic E-state index is 0.0847. The maximum absolute atomic E-state index is 12.0. The molecule has 5 nitrogen and oxygen atoms in total. The number of hydrogen-bond donors (Lipinski definition) is 1. The number of amides is 1. The van der Waals surface area contributed by atoms with Crippen molar-refractivity contribution in [1.29, 1.82) is 0 Å². The Bertz CT molecular complexity index is 253. The first-order chi connectivity index (χ1) is 8.54. The van der Waals surface area contributed by atoms with E-state index in [0.29, 0.717) is 26.2 Å². The summed E-state index contributed by atoms with van der Waals surface area (Å²) >= 11 is 0. The Morgan fingerprint density at radius 3 is 2.11 bits per heavy atom. The van der Waals surface area contributed by atoms with Gasteiger partial charge in [-0.1, -0.05) is 13.3 Å². The molecule has 0 aromatic carbocycles. The van der Waals surface area contributed by atoms with Crippen LogP contribution < -0.4 is 0 Å². The zero-order chi connectivity index (χ0) is 14.0. The lowest BCUT2D eigenvalue weighted by molar-refractivity contribution is -0.138. The van der Waals surface area contributed by atoms with E-state index in [1.807, 2.05) is 18.7 Å². The standard InChI is InChI=1S/C13H26N2O3/c1-4-7-9-14(10-8-13(17)18)11-12(16)15(5-2)6-3/h4-11H2,1-3H3,(H,17,18). The van der Waals surface area contributed by atoms with Crippen LogP contribution in [0, 0.1) is 0 Å². The Morgan fingerprint density at radius 1 is 1.06 bits per heavy atom. The summed E-state index contributed by atoms with van der Waals surface area (Å²) in [6.07, 6.45) is 2.13. The summed E-state index contributed by atoms with van der Waals surface area (Å²) in [5, 5.41) is 8.70. The van der Waals surface area contributed by atoms with Gasteiger partial charge in [0.15, 0.2) is 0 Å². The van der Waals surface area contributed by atoms with Gasteiger partial charge in [0.05, 0.1) is 13.0 Å². The van der Waals surface area contributed by atoms with Crippen molar-refractivity contribution in [2.45, 2.75) is 40.0 Å². The van der Waals surface area contributed by atoms with Crippen LogP contribution in [0.15, 0.2) is 0 Å². The molecular weight excluding hydrogens is 232 g/mol. The Hall–Kier alpha value is -1.10. The Labute approximate surface area is 110 Å². The first kappa shape index (κ1) is 16.9. The van der Waals surface area contributed by atoms with Crippen LogP contribution in [-0.2, 0) is 9.59 Å². The predicted molar refractivity (Wildman–Crippen MR) is 71.5 cm³/mol. The maximum atomic E-state index is 12.0. The summed E-state index contributed by atoms with van der Waals surface area (Å²) in [6.45, 7) is 8.96. The Balaban J connectivity index is 4.27. The van der Waals surface area contributed by atoms with Crippen molar-refractivity contribution in [3.63, 3.8) is 0 Å². The minimum Gasteiger partial charge on any atom is -0.481 e. The van der Waals surface area contributed by atoms with Crippen LogP contribution in [0.25, 0.3) is 0 Å². The average molecular weight is 258 g/mol. The molecule has 0 aromatic rings. The third-order valence-corrected chi connectivity index (χ3v) is 2.94. The molecule has 0 radical (unpaired) electrons. The fraction of sp³-hybridized carbons (Fsp3) is 0.846. The van der Waals surface area contributed by atoms with Crippen LogP contribution in [0.3, 0.4) is 0 Å². The highest BCUT2D eigenvalue weighted by Crippen LogP contribution is 2.00. The van der Waals surface area contributed by atoms with Crippen LogP contribution >= 0.6 is 0 Å². The molecule has 0 spiro atoms. The van der Waals surface area contributed by atoms with Crippen LogP contribution in [0.2, 0.25) is 0 Å². The molecule has 0 unspecified atom stereocenters. The van der Waals surface area contributed by atoms with Crippen LogP contribution in [0.5, 0.6) is 0 Å². The molecule has 0 rings (SSSR count). The van der Waals surface area contributed by atoms with E-state index in [2.05, 4.69) is 6.92 Å². The number of carboxylic acid groups (broad SMARTS) is 1. The van der Waals surface area contributed by atoms with E-state index >= 15 is 0 Å². The van der Waals surface area contributed by atoms with Gasteiger partial charge in [0.1, 0.15) is 0 Å². The fourth-order valence-corrected chi connectivity index (χ4v) is 1.77. The lowest BCUT2D eigenvalue weighted by atomic mass is 10.3. The highest BCUT2D eigenvalue weighted by atomic mass is 16.4. The third-order valence-electron chi connectivity index (χ3n) is 2.94.